The first kappa shape index (κ1) is 13.3. The van der Waals surface area contributed by atoms with Crippen LogP contribution < -0.4 is 0 Å². The third-order valence-electron chi connectivity index (χ3n) is 2.52. The van der Waals surface area contributed by atoms with E-state index in [4.69, 9.17) is 0 Å². The minimum atomic E-state index is -0.928. The molecule has 0 amide bonds. The van der Waals surface area contributed by atoms with E-state index in [0.29, 0.717) is 11.8 Å². The van der Waals surface area contributed by atoms with Crippen LogP contribution in [0.1, 0.15) is 0 Å². The zero-order valence-corrected chi connectivity index (χ0v) is 11.4. The van der Waals surface area contributed by atoms with Crippen LogP contribution in [0.5, 0.6) is 0 Å². The fraction of sp³-hybridized carbons (Fsp3) is 0.167. The molecule has 0 aromatic carbocycles. The van der Waals surface area contributed by atoms with E-state index in [1.165, 1.54) is 0 Å². The van der Waals surface area contributed by atoms with Crippen LogP contribution in [-0.2, 0) is 0 Å². The molecule has 10 radical (unpaired) electrons. The van der Waals surface area contributed by atoms with Gasteiger partial charge in [-0.3, -0.25) is 0 Å². The largest absolute Gasteiger partial charge is 0.390 e. The van der Waals surface area contributed by atoms with Gasteiger partial charge in [0.25, 0.3) is 0 Å². The molecule has 2 N–H and O–H groups in total. The smallest absolute Gasteiger partial charge is 0.0885 e. The van der Waals surface area contributed by atoms with Gasteiger partial charge in [-0.25, -0.2) is 0 Å². The van der Waals surface area contributed by atoms with Crippen molar-refractivity contribution in [2.24, 2.45) is 0 Å². The molecule has 0 aromatic rings. The van der Waals surface area contributed by atoms with Crippen molar-refractivity contribution in [2.45, 2.75) is 12.2 Å². The van der Waals surface area contributed by atoms with E-state index in [1.807, 2.05) is 25.7 Å². The van der Waals surface area contributed by atoms with Gasteiger partial charge in [-0.1, -0.05) is 31.9 Å². The summed E-state index contributed by atoms with van der Waals surface area (Å²) in [4.78, 5) is 1.61. The molecule has 2 fully saturated rings. The van der Waals surface area contributed by atoms with Gasteiger partial charge in [0.15, 0.2) is 0 Å². The molecule has 2 nitrogen and oxygen atoms in total. The lowest BCUT2D eigenvalue weighted by Crippen LogP contribution is -2.37. The van der Waals surface area contributed by atoms with Crippen LogP contribution >= 0.6 is 31.9 Å². The zero-order chi connectivity index (χ0) is 11.7. The standard InChI is InChI=1S/C12H10Br2O2/c13-9-5-1-3-7(9)11(15)12(16)8-4-2-6-10(8)14/h1-6,11-12,15-16H/t11-,12-/m1/s1. The quantitative estimate of drug-likeness (QED) is 0.821. The Bertz CT molecular complexity index is 213. The summed E-state index contributed by atoms with van der Waals surface area (Å²) >= 11 is 6.67. The fourth-order valence-electron chi connectivity index (χ4n) is 1.64. The van der Waals surface area contributed by atoms with E-state index in [2.05, 4.69) is 31.9 Å². The van der Waals surface area contributed by atoms with Crippen molar-refractivity contribution in [1.29, 1.82) is 0 Å². The lowest BCUT2D eigenvalue weighted by Gasteiger charge is -2.29. The Balaban J connectivity index is 1.95. The van der Waals surface area contributed by atoms with E-state index in [1.54, 1.807) is 12.8 Å². The third kappa shape index (κ3) is 2.65. The molecule has 2 rings (SSSR count). The predicted octanol–water partition coefficient (Wildman–Crippen LogP) is 1.96. The maximum absolute atomic E-state index is 10.1. The Morgan fingerprint density at radius 1 is 0.750 bits per heavy atom. The zero-order valence-electron chi connectivity index (χ0n) is 8.27. The molecule has 2 atom stereocenters. The Kier molecular flexibility index (Phi) is 4.73. The molecule has 0 aliphatic heterocycles. The summed E-state index contributed by atoms with van der Waals surface area (Å²) in [6, 6.07) is 0. The number of hydrogen-bond acceptors (Lipinski definition) is 2. The van der Waals surface area contributed by atoms with Gasteiger partial charge in [-0.15, -0.1) is 0 Å². The number of hydrogen-bond donors (Lipinski definition) is 2. The number of rotatable bonds is 3. The normalized spacial score (nSPS) is 30.0. The SMILES string of the molecule is O[C@H]([C]1[CH][CH][CH][C]1Br)[C@H](O)[C]1[CH][CH][CH][C]1Br. The van der Waals surface area contributed by atoms with Crippen LogP contribution in [0.3, 0.4) is 0 Å². The van der Waals surface area contributed by atoms with Crippen molar-refractivity contribution >= 4 is 31.9 Å². The summed E-state index contributed by atoms with van der Waals surface area (Å²) in [5.74, 6) is 1.39. The molecule has 2 aliphatic carbocycles. The van der Waals surface area contributed by atoms with Gasteiger partial charge in [0.2, 0.25) is 0 Å². The van der Waals surface area contributed by atoms with Gasteiger partial charge >= 0.3 is 0 Å². The maximum atomic E-state index is 10.1. The average molecular weight is 346 g/mol. The van der Waals surface area contributed by atoms with Gasteiger partial charge in [0, 0.05) is 11.8 Å². The molecule has 16 heavy (non-hydrogen) atoms. The van der Waals surface area contributed by atoms with Gasteiger partial charge in [0.05, 0.1) is 21.9 Å². The van der Waals surface area contributed by atoms with Crippen molar-refractivity contribution in [1.82, 2.24) is 0 Å². The van der Waals surface area contributed by atoms with E-state index in [9.17, 15) is 10.2 Å². The van der Waals surface area contributed by atoms with Crippen molar-refractivity contribution in [3.05, 3.63) is 60.0 Å². The minimum absolute atomic E-state index is 0.695. The number of halogens is 2. The van der Waals surface area contributed by atoms with Crippen LogP contribution in [-0.4, -0.2) is 22.4 Å². The van der Waals surface area contributed by atoms with Gasteiger partial charge in [0.1, 0.15) is 0 Å². The topological polar surface area (TPSA) is 40.5 Å². The highest BCUT2D eigenvalue weighted by Gasteiger charge is 2.43. The molecule has 2 saturated carbocycles. The lowest BCUT2D eigenvalue weighted by molar-refractivity contribution is 0.0468. The molecular formula is C12H10Br2O2. The third-order valence-corrected chi connectivity index (χ3v) is 3.97. The van der Waals surface area contributed by atoms with Crippen molar-refractivity contribution < 1.29 is 10.2 Å². The summed E-state index contributed by atoms with van der Waals surface area (Å²) < 4.78 is 0. The summed E-state index contributed by atoms with van der Waals surface area (Å²) in [7, 11) is 0. The maximum Gasteiger partial charge on any atom is 0.0885 e. The first-order valence-corrected chi connectivity index (χ1v) is 6.38. The Morgan fingerprint density at radius 2 is 1.12 bits per heavy atom. The van der Waals surface area contributed by atoms with Crippen LogP contribution in [0.25, 0.3) is 0 Å². The molecule has 2 aliphatic rings. The van der Waals surface area contributed by atoms with E-state index < -0.39 is 12.2 Å². The fourth-order valence-corrected chi connectivity index (χ4v) is 2.68. The predicted molar refractivity (Wildman–Crippen MR) is 68.6 cm³/mol. The lowest BCUT2D eigenvalue weighted by atomic mass is 9.88. The highest BCUT2D eigenvalue weighted by Crippen LogP contribution is 2.46. The van der Waals surface area contributed by atoms with Crippen LogP contribution in [0.4, 0.5) is 0 Å². The summed E-state index contributed by atoms with van der Waals surface area (Å²) in [6.07, 6.45) is 9.05. The van der Waals surface area contributed by atoms with E-state index >= 15 is 0 Å². The highest BCUT2D eigenvalue weighted by molar-refractivity contribution is 9.11. The van der Waals surface area contributed by atoms with Crippen molar-refractivity contribution in [3.8, 4) is 0 Å². The molecule has 0 aromatic heterocycles. The molecule has 4 heteroatoms. The first-order valence-electron chi connectivity index (χ1n) is 4.79. The van der Waals surface area contributed by atoms with Crippen molar-refractivity contribution in [3.63, 3.8) is 0 Å². The number of aliphatic hydroxyl groups excluding tert-OH is 2. The summed E-state index contributed by atoms with van der Waals surface area (Å²) in [5, 5.41) is 20.1. The van der Waals surface area contributed by atoms with E-state index in [-0.39, 0.29) is 0 Å². The van der Waals surface area contributed by atoms with E-state index in [0.717, 1.165) is 9.65 Å². The molecule has 0 unspecified atom stereocenters. The molecule has 0 heterocycles. The minimum Gasteiger partial charge on any atom is -0.390 e. The molecule has 0 spiro atoms. The molecular weight excluding hydrogens is 336 g/mol. The second kappa shape index (κ2) is 5.68. The number of aliphatic hydroxyl groups is 2. The second-order valence-corrected chi connectivity index (χ2v) is 5.26. The highest BCUT2D eigenvalue weighted by atomic mass is 79.9. The summed E-state index contributed by atoms with van der Waals surface area (Å²) in [6.45, 7) is 0. The molecule has 84 valence electrons. The van der Waals surface area contributed by atoms with Gasteiger partial charge in [-0.2, -0.15) is 0 Å². The Labute approximate surface area is 114 Å². The first-order chi connectivity index (χ1) is 7.61. The molecule has 0 bridgehead atoms. The second-order valence-electron chi connectivity index (χ2n) is 3.55. The van der Waals surface area contributed by atoms with Crippen molar-refractivity contribution in [2.75, 3.05) is 0 Å². The van der Waals surface area contributed by atoms with Crippen LogP contribution in [0.15, 0.2) is 0 Å². The average Bonchev–Trinajstić information content (AvgIpc) is 2.85. The van der Waals surface area contributed by atoms with Gasteiger partial charge in [-0.05, 0) is 38.5 Å². The van der Waals surface area contributed by atoms with Gasteiger partial charge < -0.3 is 10.2 Å². The van der Waals surface area contributed by atoms with Crippen LogP contribution in [0, 0.1) is 60.0 Å². The van der Waals surface area contributed by atoms with Crippen LogP contribution in [0.2, 0.25) is 0 Å². The Morgan fingerprint density at radius 3 is 1.38 bits per heavy atom. The summed E-state index contributed by atoms with van der Waals surface area (Å²) in [5.41, 5.74) is 0. The molecule has 0 saturated heterocycles. The Hall–Kier alpha value is 0.880. The monoisotopic (exact) mass is 344 g/mol.